The predicted octanol–water partition coefficient (Wildman–Crippen LogP) is 1.91. The number of aliphatic carboxylic acids is 1. The van der Waals surface area contributed by atoms with Crippen LogP contribution in [0.15, 0.2) is 16.7 Å². The second kappa shape index (κ2) is 4.48. The van der Waals surface area contributed by atoms with Crippen LogP contribution in [0, 0.1) is 12.3 Å². The highest BCUT2D eigenvalue weighted by Gasteiger charge is 2.38. The lowest BCUT2D eigenvalue weighted by molar-refractivity contribution is -0.150. The molecule has 1 aliphatic heterocycles. The second-order valence-electron chi connectivity index (χ2n) is 5.05. The molecule has 1 saturated heterocycles. The summed E-state index contributed by atoms with van der Waals surface area (Å²) in [5, 5.41) is 9.13. The molecule has 1 fully saturated rings. The maximum atomic E-state index is 12.2. The smallest absolute Gasteiger partial charge is 0.309 e. The Kier molecular flexibility index (Phi) is 3.15. The number of carbonyl (C=O) groups is 2. The first kappa shape index (κ1) is 12.7. The van der Waals surface area contributed by atoms with Crippen LogP contribution in [-0.4, -0.2) is 35.0 Å². The average Bonchev–Trinajstić information content (AvgIpc) is 2.75. The molecule has 2 heterocycles. The third-order valence-corrected chi connectivity index (χ3v) is 3.76. The van der Waals surface area contributed by atoms with Gasteiger partial charge < -0.3 is 14.4 Å². The van der Waals surface area contributed by atoms with Gasteiger partial charge in [-0.1, -0.05) is 0 Å². The molecule has 1 aromatic heterocycles. The zero-order chi connectivity index (χ0) is 13.3. The average molecular weight is 251 g/mol. The number of amides is 1. The molecule has 1 aromatic rings. The molecule has 0 saturated carbocycles. The van der Waals surface area contributed by atoms with Gasteiger partial charge in [-0.2, -0.15) is 0 Å². The summed E-state index contributed by atoms with van der Waals surface area (Å²) in [7, 11) is 0. The molecule has 18 heavy (non-hydrogen) atoms. The molecule has 2 rings (SSSR count). The molecule has 0 aromatic carbocycles. The van der Waals surface area contributed by atoms with E-state index in [1.807, 2.05) is 0 Å². The van der Waals surface area contributed by atoms with Crippen molar-refractivity contribution in [1.29, 1.82) is 0 Å². The Balaban J connectivity index is 2.05. The second-order valence-corrected chi connectivity index (χ2v) is 5.05. The van der Waals surface area contributed by atoms with Gasteiger partial charge in [-0.3, -0.25) is 9.59 Å². The third kappa shape index (κ3) is 2.12. The number of hydrogen-bond acceptors (Lipinski definition) is 3. The largest absolute Gasteiger partial charge is 0.481 e. The normalized spacial score (nSPS) is 18.7. The number of rotatable bonds is 2. The lowest BCUT2D eigenvalue weighted by Crippen LogP contribution is -2.45. The van der Waals surface area contributed by atoms with Gasteiger partial charge in [-0.05, 0) is 32.8 Å². The summed E-state index contributed by atoms with van der Waals surface area (Å²) in [6.45, 7) is 4.44. The third-order valence-electron chi connectivity index (χ3n) is 3.76. The van der Waals surface area contributed by atoms with Gasteiger partial charge in [0.25, 0.3) is 5.91 Å². The number of nitrogens with zero attached hydrogens (tertiary/aromatic N) is 1. The monoisotopic (exact) mass is 251 g/mol. The highest BCUT2D eigenvalue weighted by Crippen LogP contribution is 2.31. The summed E-state index contributed by atoms with van der Waals surface area (Å²) in [5.74, 6) is -0.255. The number of aryl methyl sites for hydroxylation is 1. The Morgan fingerprint density at radius 3 is 2.44 bits per heavy atom. The number of furan rings is 1. The molecular weight excluding hydrogens is 234 g/mol. The van der Waals surface area contributed by atoms with Crippen molar-refractivity contribution in [2.24, 2.45) is 5.41 Å². The molecule has 0 aliphatic carbocycles. The van der Waals surface area contributed by atoms with Crippen LogP contribution in [0.25, 0.3) is 0 Å². The van der Waals surface area contributed by atoms with Crippen LogP contribution in [0.2, 0.25) is 0 Å². The Labute approximate surface area is 105 Å². The van der Waals surface area contributed by atoms with Crippen LogP contribution in [-0.2, 0) is 4.79 Å². The number of carboxylic acids is 1. The highest BCUT2D eigenvalue weighted by atomic mass is 16.4. The zero-order valence-electron chi connectivity index (χ0n) is 10.6. The maximum Gasteiger partial charge on any atom is 0.309 e. The number of carbonyl (C=O) groups excluding carboxylic acids is 1. The van der Waals surface area contributed by atoms with E-state index in [4.69, 9.17) is 9.52 Å². The molecule has 1 aliphatic rings. The molecule has 5 heteroatoms. The van der Waals surface area contributed by atoms with Gasteiger partial charge in [0.05, 0.1) is 17.2 Å². The topological polar surface area (TPSA) is 70.8 Å². The van der Waals surface area contributed by atoms with Gasteiger partial charge in [0.15, 0.2) is 0 Å². The first-order valence-corrected chi connectivity index (χ1v) is 6.01. The minimum absolute atomic E-state index is 0.0753. The van der Waals surface area contributed by atoms with Crippen molar-refractivity contribution in [2.45, 2.75) is 26.7 Å². The van der Waals surface area contributed by atoms with E-state index in [2.05, 4.69) is 0 Å². The number of likely N-dealkylation sites (tertiary alicyclic amines) is 1. The van der Waals surface area contributed by atoms with E-state index in [9.17, 15) is 9.59 Å². The maximum absolute atomic E-state index is 12.2. The molecule has 1 N–H and O–H groups in total. The fourth-order valence-corrected chi connectivity index (χ4v) is 2.19. The van der Waals surface area contributed by atoms with Crippen LogP contribution in [0.3, 0.4) is 0 Å². The van der Waals surface area contributed by atoms with E-state index >= 15 is 0 Å². The first-order valence-electron chi connectivity index (χ1n) is 6.01. The van der Waals surface area contributed by atoms with Crippen molar-refractivity contribution < 1.29 is 19.1 Å². The van der Waals surface area contributed by atoms with Crippen LogP contribution in [0.4, 0.5) is 0 Å². The molecular formula is C13H17NO4. The zero-order valence-corrected chi connectivity index (χ0v) is 10.6. The molecule has 0 radical (unpaired) electrons. The Bertz CT molecular complexity index is 469. The van der Waals surface area contributed by atoms with E-state index in [-0.39, 0.29) is 5.91 Å². The fraction of sp³-hybridized carbons (Fsp3) is 0.538. The Morgan fingerprint density at radius 2 is 2.00 bits per heavy atom. The Morgan fingerprint density at radius 1 is 1.39 bits per heavy atom. The molecule has 0 unspecified atom stereocenters. The SMILES string of the molecule is Cc1occc1C(=O)N1CCC(C)(C(=O)O)CC1. The van der Waals surface area contributed by atoms with Gasteiger partial charge in [0.2, 0.25) is 0 Å². The lowest BCUT2D eigenvalue weighted by atomic mass is 9.80. The van der Waals surface area contributed by atoms with E-state index in [1.54, 1.807) is 24.8 Å². The van der Waals surface area contributed by atoms with Gasteiger partial charge in [-0.25, -0.2) is 0 Å². The van der Waals surface area contributed by atoms with E-state index in [0.29, 0.717) is 37.3 Å². The minimum Gasteiger partial charge on any atom is -0.481 e. The van der Waals surface area contributed by atoms with E-state index in [1.165, 1.54) is 6.26 Å². The number of carboxylic acid groups (broad SMARTS) is 1. The van der Waals surface area contributed by atoms with Crippen molar-refractivity contribution >= 4 is 11.9 Å². The van der Waals surface area contributed by atoms with Gasteiger partial charge >= 0.3 is 5.97 Å². The van der Waals surface area contributed by atoms with E-state index < -0.39 is 11.4 Å². The van der Waals surface area contributed by atoms with Crippen molar-refractivity contribution in [1.82, 2.24) is 4.90 Å². The standard InChI is InChI=1S/C13H17NO4/c1-9-10(3-8-18-9)11(15)14-6-4-13(2,5-7-14)12(16)17/h3,8H,4-7H2,1-2H3,(H,16,17). The van der Waals surface area contributed by atoms with Crippen molar-refractivity contribution in [3.05, 3.63) is 23.7 Å². The molecule has 5 nitrogen and oxygen atoms in total. The summed E-state index contributed by atoms with van der Waals surface area (Å²) in [6.07, 6.45) is 2.48. The summed E-state index contributed by atoms with van der Waals surface area (Å²) < 4.78 is 5.11. The van der Waals surface area contributed by atoms with Gasteiger partial charge in [0.1, 0.15) is 5.76 Å². The summed E-state index contributed by atoms with van der Waals surface area (Å²) in [6, 6.07) is 1.66. The van der Waals surface area contributed by atoms with Gasteiger partial charge in [0, 0.05) is 13.1 Å². The lowest BCUT2D eigenvalue weighted by Gasteiger charge is -2.36. The quantitative estimate of drug-likeness (QED) is 0.871. The minimum atomic E-state index is -0.783. The van der Waals surface area contributed by atoms with Crippen LogP contribution >= 0.6 is 0 Å². The fourth-order valence-electron chi connectivity index (χ4n) is 2.19. The molecule has 0 bridgehead atoms. The van der Waals surface area contributed by atoms with Crippen molar-refractivity contribution in [3.8, 4) is 0 Å². The van der Waals surface area contributed by atoms with Crippen LogP contribution < -0.4 is 0 Å². The number of piperidine rings is 1. The summed E-state index contributed by atoms with van der Waals surface area (Å²) >= 11 is 0. The van der Waals surface area contributed by atoms with E-state index in [0.717, 1.165) is 0 Å². The molecule has 1 amide bonds. The summed E-state index contributed by atoms with van der Waals surface area (Å²) in [5.41, 5.74) is -0.142. The van der Waals surface area contributed by atoms with Crippen molar-refractivity contribution in [2.75, 3.05) is 13.1 Å². The molecule has 0 spiro atoms. The molecule has 98 valence electrons. The van der Waals surface area contributed by atoms with Crippen LogP contribution in [0.5, 0.6) is 0 Å². The van der Waals surface area contributed by atoms with Crippen LogP contribution in [0.1, 0.15) is 35.9 Å². The predicted molar refractivity (Wildman–Crippen MR) is 64.3 cm³/mol. The van der Waals surface area contributed by atoms with Crippen molar-refractivity contribution in [3.63, 3.8) is 0 Å². The summed E-state index contributed by atoms with van der Waals surface area (Å²) in [4.78, 5) is 25.0. The highest BCUT2D eigenvalue weighted by molar-refractivity contribution is 5.95. The Hall–Kier alpha value is -1.78. The van der Waals surface area contributed by atoms with Gasteiger partial charge in [-0.15, -0.1) is 0 Å². The molecule has 0 atom stereocenters. The first-order chi connectivity index (χ1) is 8.44. The number of hydrogen-bond donors (Lipinski definition) is 1.